The number of morpholine rings is 1. The maximum Gasteiger partial charge on any atom is 0.267 e. The van der Waals surface area contributed by atoms with Gasteiger partial charge >= 0.3 is 0 Å². The monoisotopic (exact) mass is 382 g/mol. The molecule has 0 radical (unpaired) electrons. The van der Waals surface area contributed by atoms with Gasteiger partial charge in [-0.05, 0) is 30.3 Å². The van der Waals surface area contributed by atoms with Crippen LogP contribution in [0, 0.1) is 0 Å². The zero-order valence-corrected chi connectivity index (χ0v) is 16.1. The minimum atomic E-state index is -0.315. The Morgan fingerprint density at radius 1 is 1.11 bits per heavy atom. The second-order valence-electron chi connectivity index (χ2n) is 6.63. The number of ether oxygens (including phenoxy) is 1. The molecule has 2 aromatic rings. The zero-order chi connectivity index (χ0) is 19.8. The van der Waals surface area contributed by atoms with Crippen LogP contribution in [0.5, 0.6) is 0 Å². The van der Waals surface area contributed by atoms with Gasteiger partial charge in [0.05, 0.1) is 13.2 Å². The molecule has 1 aliphatic heterocycles. The summed E-state index contributed by atoms with van der Waals surface area (Å²) < 4.78 is 7.22. The van der Waals surface area contributed by atoms with Crippen LogP contribution in [0.2, 0.25) is 0 Å². The van der Waals surface area contributed by atoms with Gasteiger partial charge in [0.15, 0.2) is 0 Å². The molecule has 1 saturated heterocycles. The van der Waals surface area contributed by atoms with Crippen molar-refractivity contribution in [1.82, 2.24) is 20.1 Å². The fraction of sp³-hybridized carbons (Fsp3) is 0.333. The Morgan fingerprint density at radius 2 is 1.86 bits per heavy atom. The third kappa shape index (κ3) is 5.55. The van der Waals surface area contributed by atoms with E-state index in [1.165, 1.54) is 0 Å². The standard InChI is InChI=1S/C21H26N4O3/c1-24-10-5-8-18(24)16-19(23-20(26)17-6-3-2-4-7-17)21(27)22-9-11-25-12-14-28-15-13-25/h2-8,10,16H,9,11-15H2,1H3,(H,22,27)(H,23,26)/b19-16+. The summed E-state index contributed by atoms with van der Waals surface area (Å²) in [7, 11) is 1.89. The summed E-state index contributed by atoms with van der Waals surface area (Å²) >= 11 is 0. The molecule has 0 bridgehead atoms. The number of carbonyl (C=O) groups is 2. The molecule has 2 heterocycles. The van der Waals surface area contributed by atoms with Gasteiger partial charge in [0.25, 0.3) is 11.8 Å². The van der Waals surface area contributed by atoms with Crippen LogP contribution in [-0.4, -0.2) is 60.7 Å². The van der Waals surface area contributed by atoms with Gasteiger partial charge in [-0.15, -0.1) is 0 Å². The van der Waals surface area contributed by atoms with Gasteiger partial charge in [0.2, 0.25) is 0 Å². The lowest BCUT2D eigenvalue weighted by Crippen LogP contribution is -2.42. The first-order chi connectivity index (χ1) is 13.6. The maximum atomic E-state index is 12.7. The lowest BCUT2D eigenvalue weighted by Gasteiger charge is -2.26. The molecule has 7 heteroatoms. The predicted octanol–water partition coefficient (Wildman–Crippen LogP) is 1.24. The Hall–Kier alpha value is -2.90. The first-order valence-corrected chi connectivity index (χ1v) is 9.41. The molecule has 1 fully saturated rings. The molecule has 148 valence electrons. The topological polar surface area (TPSA) is 75.6 Å². The molecule has 2 amide bonds. The number of benzene rings is 1. The highest BCUT2D eigenvalue weighted by Gasteiger charge is 2.16. The molecule has 0 aliphatic carbocycles. The molecule has 1 aromatic heterocycles. The Morgan fingerprint density at radius 3 is 2.54 bits per heavy atom. The van der Waals surface area contributed by atoms with E-state index >= 15 is 0 Å². The number of hydrogen-bond acceptors (Lipinski definition) is 4. The fourth-order valence-corrected chi connectivity index (χ4v) is 2.96. The minimum absolute atomic E-state index is 0.220. The number of rotatable bonds is 7. The molecule has 28 heavy (non-hydrogen) atoms. The molecule has 7 nitrogen and oxygen atoms in total. The fourth-order valence-electron chi connectivity index (χ4n) is 2.96. The van der Waals surface area contributed by atoms with Crippen LogP contribution in [0.1, 0.15) is 16.1 Å². The highest BCUT2D eigenvalue weighted by Crippen LogP contribution is 2.08. The molecule has 0 atom stereocenters. The van der Waals surface area contributed by atoms with E-state index in [9.17, 15) is 9.59 Å². The third-order valence-electron chi connectivity index (χ3n) is 4.62. The van der Waals surface area contributed by atoms with E-state index in [2.05, 4.69) is 15.5 Å². The number of nitrogens with zero attached hydrogens (tertiary/aromatic N) is 2. The van der Waals surface area contributed by atoms with E-state index in [1.54, 1.807) is 30.3 Å². The van der Waals surface area contributed by atoms with Crippen molar-refractivity contribution >= 4 is 17.9 Å². The van der Waals surface area contributed by atoms with Crippen LogP contribution in [0.15, 0.2) is 54.4 Å². The van der Waals surface area contributed by atoms with Crippen molar-refractivity contribution in [3.8, 4) is 0 Å². The van der Waals surface area contributed by atoms with Crippen LogP contribution >= 0.6 is 0 Å². The molecule has 0 unspecified atom stereocenters. The van der Waals surface area contributed by atoms with Crippen molar-refractivity contribution in [2.75, 3.05) is 39.4 Å². The van der Waals surface area contributed by atoms with Crippen molar-refractivity contribution in [3.63, 3.8) is 0 Å². The molecular formula is C21H26N4O3. The van der Waals surface area contributed by atoms with Crippen molar-refractivity contribution in [3.05, 3.63) is 65.6 Å². The van der Waals surface area contributed by atoms with Crippen molar-refractivity contribution in [1.29, 1.82) is 0 Å². The van der Waals surface area contributed by atoms with Crippen molar-refractivity contribution in [2.24, 2.45) is 7.05 Å². The highest BCUT2D eigenvalue weighted by atomic mass is 16.5. The molecule has 3 rings (SSSR count). The molecular weight excluding hydrogens is 356 g/mol. The average molecular weight is 382 g/mol. The number of nitrogens with one attached hydrogen (secondary N) is 2. The van der Waals surface area contributed by atoms with Gasteiger partial charge in [0.1, 0.15) is 5.70 Å². The summed E-state index contributed by atoms with van der Waals surface area (Å²) in [5.74, 6) is -0.622. The quantitative estimate of drug-likeness (QED) is 0.707. The van der Waals surface area contributed by atoms with E-state index in [0.717, 1.165) is 38.5 Å². The summed E-state index contributed by atoms with van der Waals surface area (Å²) in [6, 6.07) is 12.6. The zero-order valence-electron chi connectivity index (χ0n) is 16.1. The Labute approximate surface area is 165 Å². The minimum Gasteiger partial charge on any atom is -0.379 e. The molecule has 0 saturated carbocycles. The lowest BCUT2D eigenvalue weighted by atomic mass is 10.2. The van der Waals surface area contributed by atoms with Gasteiger partial charge in [-0.3, -0.25) is 14.5 Å². The lowest BCUT2D eigenvalue weighted by molar-refractivity contribution is -0.117. The Balaban J connectivity index is 1.66. The first-order valence-electron chi connectivity index (χ1n) is 9.41. The van der Waals surface area contributed by atoms with Crippen LogP contribution in [-0.2, 0) is 16.6 Å². The Kier molecular flexibility index (Phi) is 7.00. The van der Waals surface area contributed by atoms with Crippen LogP contribution in [0.25, 0.3) is 6.08 Å². The summed E-state index contributed by atoms with van der Waals surface area (Å²) in [5, 5.41) is 5.66. The van der Waals surface area contributed by atoms with Gasteiger partial charge in [-0.2, -0.15) is 0 Å². The SMILES string of the molecule is Cn1cccc1/C=C(/NC(=O)c1ccccc1)C(=O)NCCN1CCOCC1. The second kappa shape index (κ2) is 9.87. The summed E-state index contributed by atoms with van der Waals surface area (Å²) in [4.78, 5) is 27.5. The summed E-state index contributed by atoms with van der Waals surface area (Å²) in [5.41, 5.74) is 1.55. The third-order valence-corrected chi connectivity index (χ3v) is 4.62. The predicted molar refractivity (Wildman–Crippen MR) is 108 cm³/mol. The van der Waals surface area contributed by atoms with E-state index in [4.69, 9.17) is 4.74 Å². The van der Waals surface area contributed by atoms with Gasteiger partial charge in [0, 0.05) is 50.7 Å². The maximum absolute atomic E-state index is 12.7. The largest absolute Gasteiger partial charge is 0.379 e. The number of hydrogen-bond donors (Lipinski definition) is 2. The first kappa shape index (κ1) is 19.9. The number of amides is 2. The normalized spacial score (nSPS) is 15.2. The van der Waals surface area contributed by atoms with E-state index in [0.29, 0.717) is 12.1 Å². The molecule has 0 spiro atoms. The van der Waals surface area contributed by atoms with Crippen LogP contribution < -0.4 is 10.6 Å². The Bertz CT molecular complexity index is 823. The van der Waals surface area contributed by atoms with Crippen LogP contribution in [0.4, 0.5) is 0 Å². The van der Waals surface area contributed by atoms with E-state index in [-0.39, 0.29) is 17.5 Å². The smallest absolute Gasteiger partial charge is 0.267 e. The van der Waals surface area contributed by atoms with Gasteiger partial charge in [-0.1, -0.05) is 18.2 Å². The number of aromatic nitrogens is 1. The number of aryl methyl sites for hydroxylation is 1. The molecule has 2 N–H and O–H groups in total. The van der Waals surface area contributed by atoms with Gasteiger partial charge in [-0.25, -0.2) is 0 Å². The van der Waals surface area contributed by atoms with E-state index < -0.39 is 0 Å². The summed E-state index contributed by atoms with van der Waals surface area (Å²) in [6.07, 6.45) is 3.57. The van der Waals surface area contributed by atoms with E-state index in [1.807, 2.05) is 36.0 Å². The molecule has 1 aliphatic rings. The highest BCUT2D eigenvalue weighted by molar-refractivity contribution is 6.05. The average Bonchev–Trinajstić information content (AvgIpc) is 3.13. The van der Waals surface area contributed by atoms with Crippen LogP contribution in [0.3, 0.4) is 0 Å². The van der Waals surface area contributed by atoms with Gasteiger partial charge < -0.3 is 19.9 Å². The molecule has 1 aromatic carbocycles. The van der Waals surface area contributed by atoms with Crippen molar-refractivity contribution < 1.29 is 14.3 Å². The number of carbonyl (C=O) groups excluding carboxylic acids is 2. The van der Waals surface area contributed by atoms with Crippen molar-refractivity contribution in [2.45, 2.75) is 0 Å². The second-order valence-corrected chi connectivity index (χ2v) is 6.63. The summed E-state index contributed by atoms with van der Waals surface area (Å²) in [6.45, 7) is 4.43.